The molecule has 2 aromatic rings. The highest BCUT2D eigenvalue weighted by Gasteiger charge is 2.30. The average molecular weight is 348 g/mol. The first-order chi connectivity index (χ1) is 10.5. The van der Waals surface area contributed by atoms with Gasteiger partial charge in [-0.3, -0.25) is 0 Å². The lowest BCUT2D eigenvalue weighted by Crippen LogP contribution is -2.27. The highest BCUT2D eigenvalue weighted by atomic mass is 35.5. The number of hydrogen-bond acceptors (Lipinski definition) is 4. The summed E-state index contributed by atoms with van der Waals surface area (Å²) in [5.41, 5.74) is -0.404. The number of benzene rings is 1. The van der Waals surface area contributed by atoms with Crippen molar-refractivity contribution < 1.29 is 13.2 Å². The molecular formula is C14H17ClF3N5. The zero-order chi connectivity index (χ0) is 15.6. The third-order valence-corrected chi connectivity index (χ3v) is 3.86. The molecule has 0 radical (unpaired) electrons. The van der Waals surface area contributed by atoms with Crippen molar-refractivity contribution in [3.05, 3.63) is 35.7 Å². The minimum absolute atomic E-state index is 0. The van der Waals surface area contributed by atoms with Gasteiger partial charge in [-0.25, -0.2) is 0 Å². The summed E-state index contributed by atoms with van der Waals surface area (Å²) in [6.07, 6.45) is 0.259. The molecule has 1 fully saturated rings. The van der Waals surface area contributed by atoms with Crippen LogP contribution in [0.15, 0.2) is 24.3 Å². The van der Waals surface area contributed by atoms with Crippen LogP contribution in [0.3, 0.4) is 0 Å². The molecule has 0 saturated heterocycles. The topological polar surface area (TPSA) is 55.6 Å². The first kappa shape index (κ1) is 17.7. The normalized spacial score (nSPS) is 15.6. The Morgan fingerprint density at radius 3 is 2.65 bits per heavy atom. The minimum Gasteiger partial charge on any atom is -0.307 e. The predicted molar refractivity (Wildman–Crippen MR) is 80.5 cm³/mol. The van der Waals surface area contributed by atoms with E-state index in [4.69, 9.17) is 0 Å². The van der Waals surface area contributed by atoms with Gasteiger partial charge < -0.3 is 5.32 Å². The van der Waals surface area contributed by atoms with Gasteiger partial charge >= 0.3 is 6.18 Å². The molecule has 3 rings (SSSR count). The Bertz CT molecular complexity index is 637. The Kier molecular flexibility index (Phi) is 5.59. The van der Waals surface area contributed by atoms with Gasteiger partial charge in [-0.1, -0.05) is 18.9 Å². The smallest absolute Gasteiger partial charge is 0.307 e. The van der Waals surface area contributed by atoms with Crippen LogP contribution in [0.2, 0.25) is 0 Å². The molecule has 1 N–H and O–H groups in total. The summed E-state index contributed by atoms with van der Waals surface area (Å²) in [5.74, 6) is 0.506. The van der Waals surface area contributed by atoms with Crippen LogP contribution in [0.5, 0.6) is 0 Å². The quantitative estimate of drug-likeness (QED) is 0.923. The van der Waals surface area contributed by atoms with Crippen molar-refractivity contribution >= 4 is 12.4 Å². The van der Waals surface area contributed by atoms with E-state index in [2.05, 4.69) is 20.8 Å². The van der Waals surface area contributed by atoms with E-state index in [0.717, 1.165) is 25.0 Å². The molecular weight excluding hydrogens is 331 g/mol. The van der Waals surface area contributed by atoms with E-state index >= 15 is 0 Å². The fourth-order valence-electron chi connectivity index (χ4n) is 2.70. The van der Waals surface area contributed by atoms with Crippen molar-refractivity contribution in [2.24, 2.45) is 0 Å². The van der Waals surface area contributed by atoms with Crippen LogP contribution in [-0.4, -0.2) is 26.2 Å². The second-order valence-corrected chi connectivity index (χ2v) is 5.42. The second kappa shape index (κ2) is 7.27. The Labute approximate surface area is 137 Å². The van der Waals surface area contributed by atoms with Gasteiger partial charge in [0.15, 0.2) is 5.82 Å². The fourth-order valence-corrected chi connectivity index (χ4v) is 2.70. The van der Waals surface area contributed by atoms with Gasteiger partial charge in [-0.05, 0) is 41.5 Å². The Hall–Kier alpha value is -1.67. The van der Waals surface area contributed by atoms with Crippen molar-refractivity contribution in [1.82, 2.24) is 25.5 Å². The Balaban J connectivity index is 0.00000192. The molecule has 126 valence electrons. The van der Waals surface area contributed by atoms with Crippen LogP contribution in [0.1, 0.15) is 37.1 Å². The maximum Gasteiger partial charge on any atom is 0.416 e. The lowest BCUT2D eigenvalue weighted by atomic mass is 10.2. The summed E-state index contributed by atoms with van der Waals surface area (Å²) < 4.78 is 39.7. The zero-order valence-electron chi connectivity index (χ0n) is 12.3. The number of rotatable bonds is 4. The van der Waals surface area contributed by atoms with Crippen molar-refractivity contribution in [1.29, 1.82) is 0 Å². The number of halogens is 4. The first-order valence-corrected chi connectivity index (χ1v) is 7.22. The van der Waals surface area contributed by atoms with Crippen LogP contribution >= 0.6 is 12.4 Å². The lowest BCUT2D eigenvalue weighted by Gasteiger charge is -2.12. The molecule has 1 aromatic heterocycles. The summed E-state index contributed by atoms with van der Waals surface area (Å²) >= 11 is 0. The van der Waals surface area contributed by atoms with E-state index in [-0.39, 0.29) is 12.4 Å². The van der Waals surface area contributed by atoms with Crippen molar-refractivity contribution in [3.8, 4) is 5.69 Å². The van der Waals surface area contributed by atoms with Gasteiger partial charge in [0.05, 0.1) is 17.8 Å². The Morgan fingerprint density at radius 1 is 1.22 bits per heavy atom. The SMILES string of the molecule is Cl.FC(F)(F)c1cccc(-n2nnnc2CNC2CCCC2)c1. The summed E-state index contributed by atoms with van der Waals surface area (Å²) in [6.45, 7) is 0.438. The molecule has 5 nitrogen and oxygen atoms in total. The standard InChI is InChI=1S/C14H16F3N5.ClH/c15-14(16,17)10-4-3-7-12(8-10)22-13(19-20-21-22)9-18-11-5-1-2-6-11;/h3-4,7-8,11,18H,1-2,5-6,9H2;1H. The number of aromatic nitrogens is 4. The van der Waals surface area contributed by atoms with Gasteiger partial charge in [-0.2, -0.15) is 17.9 Å². The maximum atomic E-state index is 12.8. The number of tetrazole rings is 1. The molecule has 1 heterocycles. The summed E-state index contributed by atoms with van der Waals surface area (Å²) in [7, 11) is 0. The van der Waals surface area contributed by atoms with Gasteiger partial charge in [0.25, 0.3) is 0 Å². The summed E-state index contributed by atoms with van der Waals surface area (Å²) in [6, 6.07) is 5.44. The number of nitrogens with one attached hydrogen (secondary N) is 1. The second-order valence-electron chi connectivity index (χ2n) is 5.42. The van der Waals surface area contributed by atoms with E-state index in [1.54, 1.807) is 6.07 Å². The summed E-state index contributed by atoms with van der Waals surface area (Å²) in [4.78, 5) is 0. The van der Waals surface area contributed by atoms with E-state index in [1.807, 2.05) is 0 Å². The lowest BCUT2D eigenvalue weighted by molar-refractivity contribution is -0.137. The zero-order valence-corrected chi connectivity index (χ0v) is 13.1. The van der Waals surface area contributed by atoms with E-state index in [1.165, 1.54) is 23.6 Å². The molecule has 0 aliphatic heterocycles. The van der Waals surface area contributed by atoms with E-state index in [9.17, 15) is 13.2 Å². The number of hydrogen-bond donors (Lipinski definition) is 1. The van der Waals surface area contributed by atoms with E-state index < -0.39 is 11.7 Å². The largest absolute Gasteiger partial charge is 0.416 e. The van der Waals surface area contributed by atoms with Crippen LogP contribution in [0.4, 0.5) is 13.2 Å². The van der Waals surface area contributed by atoms with Gasteiger partial charge in [-0.15, -0.1) is 17.5 Å². The third-order valence-electron chi connectivity index (χ3n) is 3.86. The van der Waals surface area contributed by atoms with Crippen LogP contribution in [0.25, 0.3) is 5.69 Å². The number of nitrogens with zero attached hydrogens (tertiary/aromatic N) is 4. The van der Waals surface area contributed by atoms with Gasteiger partial charge in [0.1, 0.15) is 0 Å². The monoisotopic (exact) mass is 347 g/mol. The van der Waals surface area contributed by atoms with Crippen LogP contribution in [-0.2, 0) is 12.7 Å². The number of alkyl halides is 3. The highest BCUT2D eigenvalue weighted by molar-refractivity contribution is 5.85. The van der Waals surface area contributed by atoms with Crippen molar-refractivity contribution in [2.75, 3.05) is 0 Å². The molecule has 0 atom stereocenters. The molecule has 1 aliphatic rings. The van der Waals surface area contributed by atoms with E-state index in [0.29, 0.717) is 24.1 Å². The highest BCUT2D eigenvalue weighted by Crippen LogP contribution is 2.30. The molecule has 23 heavy (non-hydrogen) atoms. The van der Waals surface area contributed by atoms with Crippen molar-refractivity contribution in [2.45, 2.75) is 44.4 Å². The molecule has 0 amide bonds. The first-order valence-electron chi connectivity index (χ1n) is 7.22. The minimum atomic E-state index is -4.38. The molecule has 1 aliphatic carbocycles. The van der Waals surface area contributed by atoms with Crippen LogP contribution < -0.4 is 5.32 Å². The molecule has 0 spiro atoms. The Morgan fingerprint density at radius 2 is 1.96 bits per heavy atom. The van der Waals surface area contributed by atoms with Crippen molar-refractivity contribution in [3.63, 3.8) is 0 Å². The molecule has 1 aromatic carbocycles. The average Bonchev–Trinajstić information content (AvgIpc) is 3.16. The van der Waals surface area contributed by atoms with Gasteiger partial charge in [0, 0.05) is 6.04 Å². The third kappa shape index (κ3) is 4.20. The molecule has 0 unspecified atom stereocenters. The molecule has 0 bridgehead atoms. The van der Waals surface area contributed by atoms with Crippen LogP contribution in [0, 0.1) is 0 Å². The summed E-state index contributed by atoms with van der Waals surface area (Å²) in [5, 5.41) is 14.6. The predicted octanol–water partition coefficient (Wildman–Crippen LogP) is 3.14. The fraction of sp³-hybridized carbons (Fsp3) is 0.500. The molecule has 1 saturated carbocycles. The molecule has 9 heteroatoms. The maximum absolute atomic E-state index is 12.8. The van der Waals surface area contributed by atoms with Gasteiger partial charge in [0.2, 0.25) is 0 Å².